The number of nitrogen functional groups attached to an aromatic ring is 1. The Labute approximate surface area is 314 Å². The smallest absolute Gasteiger partial charge is 0.490 e. The van der Waals surface area contributed by atoms with Crippen LogP contribution in [0.2, 0.25) is 0 Å². The molecular weight excluding hydrogens is 750 g/mol. The van der Waals surface area contributed by atoms with Crippen LogP contribution in [0.5, 0.6) is 5.75 Å². The van der Waals surface area contributed by atoms with E-state index >= 15 is 4.39 Å². The monoisotopic (exact) mass is 791 g/mol. The predicted molar refractivity (Wildman–Crippen MR) is 197 cm³/mol. The molecule has 4 aromatic rings. The van der Waals surface area contributed by atoms with Gasteiger partial charge < -0.3 is 30.5 Å². The summed E-state index contributed by atoms with van der Waals surface area (Å²) in [6.07, 6.45) is -2.62. The van der Waals surface area contributed by atoms with E-state index < -0.39 is 51.9 Å². The Morgan fingerprint density at radius 2 is 1.75 bits per heavy atom. The molecule has 1 aliphatic heterocycles. The summed E-state index contributed by atoms with van der Waals surface area (Å²) >= 11 is 0. The molecule has 1 aromatic heterocycles. The van der Waals surface area contributed by atoms with Gasteiger partial charge in [0.25, 0.3) is 0 Å². The third kappa shape index (κ3) is 9.92. The highest BCUT2D eigenvalue weighted by Crippen LogP contribution is 2.41. The van der Waals surface area contributed by atoms with Crippen LogP contribution in [0.4, 0.5) is 39.5 Å². The minimum Gasteiger partial charge on any atom is -0.491 e. The average Bonchev–Trinajstić information content (AvgIpc) is 3.64. The fourth-order valence-electron chi connectivity index (χ4n) is 6.10. The normalized spacial score (nSPS) is 14.8. The maximum atomic E-state index is 16.3. The number of anilines is 3. The molecule has 0 bridgehead atoms. The van der Waals surface area contributed by atoms with Crippen molar-refractivity contribution in [2.45, 2.75) is 63.2 Å². The Kier molecular flexibility index (Phi) is 13.5. The number of carboxylic acids is 1. The number of amides is 2. The van der Waals surface area contributed by atoms with Gasteiger partial charge in [-0.05, 0) is 91.2 Å². The van der Waals surface area contributed by atoms with Crippen molar-refractivity contribution in [3.63, 3.8) is 0 Å². The van der Waals surface area contributed by atoms with Crippen LogP contribution in [0.3, 0.4) is 0 Å². The first-order chi connectivity index (χ1) is 25.9. The van der Waals surface area contributed by atoms with Gasteiger partial charge in [-0.15, -0.1) is 0 Å². The topological polar surface area (TPSA) is 190 Å². The Bertz CT molecular complexity index is 2170. The van der Waals surface area contributed by atoms with E-state index in [2.05, 4.69) is 15.6 Å². The number of halogens is 4. The first kappa shape index (κ1) is 42.1. The standard InChI is InChI=1S/C35H40FN5O6S.C2HF3O2/c1-5-21-17-27(31(36)29(18-21)47-6-2)32(39-23-10-12-25-22(19-23)14-15-38-33(25)37)34(42)41-16-8-9-28(41)26-20-24(40-35(43)46-4)11-13-30(26)48(44,45)7-3;3-2(4,5)1(6)7/h10-15,17-20,28,32,39H,5-9,16H2,1-4H3,(H2,37,38)(H,40,43);(H,6,7)/t28-,32-;/m1./s1. The van der Waals surface area contributed by atoms with Crippen LogP contribution in [0.15, 0.2) is 65.7 Å². The number of hydrogen-bond donors (Lipinski definition) is 4. The number of carboxylic acid groups (broad SMARTS) is 1. The van der Waals surface area contributed by atoms with E-state index in [-0.39, 0.29) is 28.6 Å². The highest BCUT2D eigenvalue weighted by Gasteiger charge is 2.39. The molecule has 2 heterocycles. The van der Waals surface area contributed by atoms with Gasteiger partial charge in [-0.1, -0.05) is 19.9 Å². The number of carbonyl (C=O) groups is 3. The van der Waals surface area contributed by atoms with Crippen LogP contribution >= 0.6 is 0 Å². The second kappa shape index (κ2) is 17.7. The van der Waals surface area contributed by atoms with Crippen molar-refractivity contribution < 1.29 is 54.9 Å². The molecule has 55 heavy (non-hydrogen) atoms. The summed E-state index contributed by atoms with van der Waals surface area (Å²) in [5.41, 5.74) is 8.17. The lowest BCUT2D eigenvalue weighted by molar-refractivity contribution is -0.192. The van der Waals surface area contributed by atoms with E-state index in [0.717, 1.165) is 16.3 Å². The molecule has 5 rings (SSSR count). The van der Waals surface area contributed by atoms with Crippen LogP contribution in [0, 0.1) is 5.82 Å². The van der Waals surface area contributed by atoms with Crippen molar-refractivity contribution in [3.05, 3.63) is 83.3 Å². The number of aromatic nitrogens is 1. The van der Waals surface area contributed by atoms with Crippen LogP contribution in [0.1, 0.15) is 62.4 Å². The number of pyridine rings is 1. The maximum Gasteiger partial charge on any atom is 0.490 e. The number of nitrogens with zero attached hydrogens (tertiary/aromatic N) is 2. The number of methoxy groups -OCH3 is 1. The molecule has 1 fully saturated rings. The molecule has 0 spiro atoms. The van der Waals surface area contributed by atoms with Crippen molar-refractivity contribution in [1.82, 2.24) is 9.88 Å². The highest BCUT2D eigenvalue weighted by atomic mass is 32.2. The molecule has 2 amide bonds. The number of carbonyl (C=O) groups excluding carboxylic acids is 2. The van der Waals surface area contributed by atoms with E-state index in [9.17, 15) is 31.2 Å². The van der Waals surface area contributed by atoms with Gasteiger partial charge in [-0.3, -0.25) is 10.1 Å². The zero-order valence-electron chi connectivity index (χ0n) is 30.4. The number of benzene rings is 3. The lowest BCUT2D eigenvalue weighted by Crippen LogP contribution is -2.38. The van der Waals surface area contributed by atoms with E-state index in [0.29, 0.717) is 48.6 Å². The lowest BCUT2D eigenvalue weighted by Gasteiger charge is -2.32. The van der Waals surface area contributed by atoms with Crippen molar-refractivity contribution >= 4 is 55.8 Å². The highest BCUT2D eigenvalue weighted by molar-refractivity contribution is 7.91. The van der Waals surface area contributed by atoms with Gasteiger partial charge in [-0.25, -0.2) is 27.4 Å². The van der Waals surface area contributed by atoms with Gasteiger partial charge in [0.05, 0.1) is 30.4 Å². The SMILES string of the molecule is CCOc1cc(CC)cc([C@@H](Nc2ccc3c(N)nccc3c2)C(=O)N2CCC[C@@H]2c2cc(NC(=O)OC)ccc2S(=O)(=O)CC)c1F.O=C(O)C(F)(F)F. The van der Waals surface area contributed by atoms with E-state index in [1.807, 2.05) is 13.0 Å². The Morgan fingerprint density at radius 3 is 2.36 bits per heavy atom. The van der Waals surface area contributed by atoms with Gasteiger partial charge in [0, 0.05) is 35.1 Å². The Hall–Kier alpha value is -5.65. The fraction of sp³-hybridized carbons (Fsp3) is 0.351. The molecule has 3 aromatic carbocycles. The molecule has 18 heteroatoms. The number of hydrogen-bond acceptors (Lipinski definition) is 10. The summed E-state index contributed by atoms with van der Waals surface area (Å²) < 4.78 is 85.0. The largest absolute Gasteiger partial charge is 0.491 e. The zero-order chi connectivity index (χ0) is 40.7. The number of aliphatic carboxylic acids is 1. The predicted octanol–water partition coefficient (Wildman–Crippen LogP) is 7.04. The molecule has 0 unspecified atom stereocenters. The molecule has 13 nitrogen and oxygen atoms in total. The van der Waals surface area contributed by atoms with Gasteiger partial charge in [-0.2, -0.15) is 13.2 Å². The number of sulfone groups is 1. The second-order valence-corrected chi connectivity index (χ2v) is 14.5. The molecule has 296 valence electrons. The molecule has 0 aliphatic carbocycles. The van der Waals surface area contributed by atoms with Gasteiger partial charge in [0.1, 0.15) is 11.9 Å². The number of alkyl halides is 3. The Balaban J connectivity index is 0.000000876. The summed E-state index contributed by atoms with van der Waals surface area (Å²) in [6.45, 7) is 5.77. The molecule has 1 aliphatic rings. The molecule has 2 atom stereocenters. The van der Waals surface area contributed by atoms with Crippen LogP contribution in [0.25, 0.3) is 10.8 Å². The third-order valence-corrected chi connectivity index (χ3v) is 10.6. The van der Waals surface area contributed by atoms with E-state index in [4.69, 9.17) is 25.1 Å². The van der Waals surface area contributed by atoms with Crippen molar-refractivity contribution in [2.24, 2.45) is 0 Å². The fourth-order valence-corrected chi connectivity index (χ4v) is 7.24. The summed E-state index contributed by atoms with van der Waals surface area (Å²) in [5, 5.41) is 14.5. The van der Waals surface area contributed by atoms with Crippen LogP contribution in [-0.2, 0) is 30.6 Å². The van der Waals surface area contributed by atoms with Gasteiger partial charge in [0.15, 0.2) is 21.4 Å². The number of nitrogens with two attached hydrogens (primary N) is 1. The number of aryl methyl sites for hydroxylation is 1. The summed E-state index contributed by atoms with van der Waals surface area (Å²) in [7, 11) is -2.50. The number of rotatable bonds is 11. The molecule has 0 radical (unpaired) electrons. The maximum absolute atomic E-state index is 16.3. The van der Waals surface area contributed by atoms with Crippen molar-refractivity contribution in [1.29, 1.82) is 0 Å². The quantitative estimate of drug-likeness (QED) is 0.114. The number of ether oxygens (including phenoxy) is 2. The molecule has 5 N–H and O–H groups in total. The minimum atomic E-state index is -5.08. The number of nitrogens with one attached hydrogen (secondary N) is 2. The molecular formula is C37H41F4N5O8S. The summed E-state index contributed by atoms with van der Waals surface area (Å²) in [4.78, 5) is 41.5. The first-order valence-electron chi connectivity index (χ1n) is 17.1. The van der Waals surface area contributed by atoms with E-state index in [1.54, 1.807) is 61.3 Å². The zero-order valence-corrected chi connectivity index (χ0v) is 31.2. The lowest BCUT2D eigenvalue weighted by atomic mass is 9.98. The van der Waals surface area contributed by atoms with Crippen molar-refractivity contribution in [3.8, 4) is 5.75 Å². The van der Waals surface area contributed by atoms with Crippen LogP contribution in [-0.4, -0.2) is 73.6 Å². The van der Waals surface area contributed by atoms with Gasteiger partial charge >= 0.3 is 18.2 Å². The number of likely N-dealkylation sites (tertiary alicyclic amines) is 1. The summed E-state index contributed by atoms with van der Waals surface area (Å²) in [6, 6.07) is 13.0. The first-order valence-corrected chi connectivity index (χ1v) is 18.8. The molecule has 0 saturated carbocycles. The van der Waals surface area contributed by atoms with Gasteiger partial charge in [0.2, 0.25) is 5.91 Å². The average molecular weight is 792 g/mol. The van der Waals surface area contributed by atoms with Crippen LogP contribution < -0.4 is 21.1 Å². The van der Waals surface area contributed by atoms with Crippen molar-refractivity contribution in [2.75, 3.05) is 42.4 Å². The van der Waals surface area contributed by atoms with E-state index in [1.165, 1.54) is 19.2 Å². The minimum absolute atomic E-state index is 0.0414. The summed E-state index contributed by atoms with van der Waals surface area (Å²) in [5.74, 6) is -3.63. The Morgan fingerprint density at radius 1 is 1.05 bits per heavy atom. The molecule has 1 saturated heterocycles. The third-order valence-electron chi connectivity index (χ3n) is 8.79. The second-order valence-electron chi connectivity index (χ2n) is 12.3. The number of fused-ring (bicyclic) bond motifs is 1.